The Bertz CT molecular complexity index is 1570. The summed E-state index contributed by atoms with van der Waals surface area (Å²) in [6.45, 7) is 1.50. The van der Waals surface area contributed by atoms with Crippen LogP contribution in [0.25, 0.3) is 0 Å². The molecule has 0 saturated carbocycles. The maximum atomic E-state index is 13.9. The minimum Gasteiger partial charge on any atom is -0.465 e. The SMILES string of the molecule is N#Cc1cccc(SC[C@@H]2CNC[C@@H](CCc3ccccc3NC(=O)[C@@H](NC(=O)O)C(c3ccccc3)c3ccccc3)O2)c1. The third-order valence-corrected chi connectivity index (χ3v) is 8.88. The Morgan fingerprint density at radius 2 is 1.58 bits per heavy atom. The van der Waals surface area contributed by atoms with Crippen molar-refractivity contribution in [3.63, 3.8) is 0 Å². The zero-order valence-electron chi connectivity index (χ0n) is 24.8. The van der Waals surface area contributed by atoms with E-state index in [1.165, 1.54) is 0 Å². The van der Waals surface area contributed by atoms with Crippen molar-refractivity contribution in [2.75, 3.05) is 24.2 Å². The third kappa shape index (κ3) is 8.96. The summed E-state index contributed by atoms with van der Waals surface area (Å²) in [4.78, 5) is 26.9. The molecule has 8 nitrogen and oxygen atoms in total. The lowest BCUT2D eigenvalue weighted by Crippen LogP contribution is -2.47. The summed E-state index contributed by atoms with van der Waals surface area (Å²) < 4.78 is 6.41. The number of nitrogens with zero attached hydrogens (tertiary/aromatic N) is 1. The van der Waals surface area contributed by atoms with E-state index in [-0.39, 0.29) is 12.2 Å². The first kappa shape index (κ1) is 31.8. The number of benzene rings is 4. The molecule has 0 bridgehead atoms. The zero-order chi connectivity index (χ0) is 31.4. The van der Waals surface area contributed by atoms with Crippen molar-refractivity contribution in [2.45, 2.75) is 41.9 Å². The number of rotatable bonds is 12. The Kier molecular flexibility index (Phi) is 11.2. The quantitative estimate of drug-likeness (QED) is 0.142. The number of amides is 2. The summed E-state index contributed by atoms with van der Waals surface area (Å²) in [7, 11) is 0. The summed E-state index contributed by atoms with van der Waals surface area (Å²) in [6, 6.07) is 35.3. The van der Waals surface area contributed by atoms with Gasteiger partial charge in [0.2, 0.25) is 5.91 Å². The zero-order valence-corrected chi connectivity index (χ0v) is 25.6. The van der Waals surface area contributed by atoms with Gasteiger partial charge in [-0.15, -0.1) is 11.8 Å². The molecule has 230 valence electrons. The molecule has 4 aromatic rings. The Hall–Kier alpha value is -4.62. The molecule has 1 aliphatic heterocycles. The normalized spacial score (nSPS) is 16.8. The number of nitriles is 1. The van der Waals surface area contributed by atoms with Crippen LogP contribution in [0.15, 0.2) is 114 Å². The van der Waals surface area contributed by atoms with Crippen LogP contribution in [0.2, 0.25) is 0 Å². The number of thioether (sulfide) groups is 1. The van der Waals surface area contributed by atoms with Crippen molar-refractivity contribution in [1.29, 1.82) is 5.26 Å². The molecule has 0 radical (unpaired) electrons. The standard InChI is InChI=1S/C36H36N4O4S/c37-21-25-10-9-16-31(20-25)45-24-30-23-38-22-29(44-30)19-18-26-11-7-8-17-32(26)39-35(41)34(40-36(42)43)33(27-12-3-1-4-13-27)28-14-5-2-6-15-28/h1-17,20,29-30,33-34,38,40H,18-19,22-24H2,(H,39,41)(H,42,43)/t29-,30+,34+/m1/s1. The van der Waals surface area contributed by atoms with E-state index in [4.69, 9.17) is 4.74 Å². The molecule has 1 saturated heterocycles. The van der Waals surface area contributed by atoms with Crippen molar-refractivity contribution in [3.05, 3.63) is 131 Å². The fraction of sp³-hybridized carbons (Fsp3) is 0.250. The molecule has 1 aliphatic rings. The Balaban J connectivity index is 1.25. The summed E-state index contributed by atoms with van der Waals surface area (Å²) in [6.07, 6.45) is 0.182. The molecule has 0 aliphatic carbocycles. The highest BCUT2D eigenvalue weighted by molar-refractivity contribution is 7.99. The number of carbonyl (C=O) groups excluding carboxylic acids is 1. The van der Waals surface area contributed by atoms with Gasteiger partial charge in [0.25, 0.3) is 0 Å². The average molecular weight is 621 g/mol. The van der Waals surface area contributed by atoms with Gasteiger partial charge in [0.05, 0.1) is 23.8 Å². The first-order valence-corrected chi connectivity index (χ1v) is 16.0. The number of hydrogen-bond donors (Lipinski definition) is 4. The van der Waals surface area contributed by atoms with E-state index in [0.717, 1.165) is 46.8 Å². The van der Waals surface area contributed by atoms with Crippen LogP contribution < -0.4 is 16.0 Å². The van der Waals surface area contributed by atoms with E-state index >= 15 is 0 Å². The summed E-state index contributed by atoms with van der Waals surface area (Å²) in [5.41, 5.74) is 3.90. The lowest BCUT2D eigenvalue weighted by molar-refractivity contribution is -0.118. The summed E-state index contributed by atoms with van der Waals surface area (Å²) in [5, 5.41) is 27.9. The minimum absolute atomic E-state index is 0.000479. The second-order valence-corrected chi connectivity index (χ2v) is 12.0. The van der Waals surface area contributed by atoms with Crippen LogP contribution in [-0.2, 0) is 16.0 Å². The maximum Gasteiger partial charge on any atom is 0.405 e. The summed E-state index contributed by atoms with van der Waals surface area (Å²) >= 11 is 1.68. The van der Waals surface area contributed by atoms with Crippen molar-refractivity contribution in [1.82, 2.24) is 10.6 Å². The predicted molar refractivity (Wildman–Crippen MR) is 176 cm³/mol. The highest BCUT2D eigenvalue weighted by Crippen LogP contribution is 2.30. The van der Waals surface area contributed by atoms with Crippen molar-refractivity contribution in [3.8, 4) is 6.07 Å². The van der Waals surface area contributed by atoms with Gasteiger partial charge in [0.1, 0.15) is 6.04 Å². The number of anilines is 1. The molecule has 3 atom stereocenters. The molecule has 1 fully saturated rings. The molecule has 45 heavy (non-hydrogen) atoms. The van der Waals surface area contributed by atoms with E-state index in [0.29, 0.717) is 17.7 Å². The fourth-order valence-electron chi connectivity index (χ4n) is 5.61. The highest BCUT2D eigenvalue weighted by atomic mass is 32.2. The molecule has 0 spiro atoms. The number of para-hydroxylation sites is 1. The van der Waals surface area contributed by atoms with Crippen molar-refractivity contribution in [2.24, 2.45) is 0 Å². The van der Waals surface area contributed by atoms with Gasteiger partial charge in [-0.2, -0.15) is 5.26 Å². The smallest absolute Gasteiger partial charge is 0.405 e. The first-order chi connectivity index (χ1) is 22.0. The topological polar surface area (TPSA) is 123 Å². The van der Waals surface area contributed by atoms with Crippen LogP contribution in [0.1, 0.15) is 34.6 Å². The molecule has 1 heterocycles. The number of hydrogen-bond acceptors (Lipinski definition) is 6. The monoisotopic (exact) mass is 620 g/mol. The van der Waals surface area contributed by atoms with Gasteiger partial charge in [-0.3, -0.25) is 4.79 Å². The second kappa shape index (κ2) is 15.9. The summed E-state index contributed by atoms with van der Waals surface area (Å²) in [5.74, 6) is -0.197. The fourth-order valence-corrected chi connectivity index (χ4v) is 6.57. The van der Waals surface area contributed by atoms with Crippen LogP contribution >= 0.6 is 11.8 Å². The van der Waals surface area contributed by atoms with Crippen LogP contribution in [-0.4, -0.2) is 54.2 Å². The number of aryl methyl sites for hydroxylation is 1. The van der Waals surface area contributed by atoms with Crippen LogP contribution in [0.3, 0.4) is 0 Å². The molecular weight excluding hydrogens is 584 g/mol. The van der Waals surface area contributed by atoms with Gasteiger partial charge in [-0.05, 0) is 53.8 Å². The van der Waals surface area contributed by atoms with Gasteiger partial charge < -0.3 is 25.8 Å². The number of ether oxygens (including phenoxy) is 1. The highest BCUT2D eigenvalue weighted by Gasteiger charge is 2.33. The van der Waals surface area contributed by atoms with E-state index in [9.17, 15) is 20.0 Å². The molecule has 0 unspecified atom stereocenters. The number of morpholine rings is 1. The Labute approximate surface area is 267 Å². The van der Waals surface area contributed by atoms with Crippen molar-refractivity contribution >= 4 is 29.4 Å². The molecular formula is C36H36N4O4S. The first-order valence-electron chi connectivity index (χ1n) is 15.0. The molecule has 5 rings (SSSR count). The van der Waals surface area contributed by atoms with Crippen LogP contribution in [0.5, 0.6) is 0 Å². The molecule has 9 heteroatoms. The maximum absolute atomic E-state index is 13.9. The van der Waals surface area contributed by atoms with Gasteiger partial charge in [-0.25, -0.2) is 4.79 Å². The average Bonchev–Trinajstić information content (AvgIpc) is 3.08. The van der Waals surface area contributed by atoms with Crippen LogP contribution in [0, 0.1) is 11.3 Å². The number of carboxylic acid groups (broad SMARTS) is 1. The molecule has 0 aromatic heterocycles. The van der Waals surface area contributed by atoms with Gasteiger partial charge in [0, 0.05) is 35.3 Å². The van der Waals surface area contributed by atoms with Gasteiger partial charge >= 0.3 is 6.09 Å². The van der Waals surface area contributed by atoms with Crippen LogP contribution in [0.4, 0.5) is 10.5 Å². The van der Waals surface area contributed by atoms with E-state index < -0.39 is 24.0 Å². The van der Waals surface area contributed by atoms with Gasteiger partial charge in [-0.1, -0.05) is 84.9 Å². The molecule has 4 aromatic carbocycles. The Morgan fingerprint density at radius 1 is 0.911 bits per heavy atom. The second-order valence-electron chi connectivity index (χ2n) is 10.9. The molecule has 4 N–H and O–H groups in total. The van der Waals surface area contributed by atoms with Crippen molar-refractivity contribution < 1.29 is 19.4 Å². The molecule has 2 amide bonds. The third-order valence-electron chi connectivity index (χ3n) is 7.75. The Morgan fingerprint density at radius 3 is 2.27 bits per heavy atom. The minimum atomic E-state index is -1.27. The van der Waals surface area contributed by atoms with E-state index in [1.54, 1.807) is 17.8 Å². The van der Waals surface area contributed by atoms with Gasteiger partial charge in [0.15, 0.2) is 0 Å². The van der Waals surface area contributed by atoms with E-state index in [1.807, 2.05) is 103 Å². The predicted octanol–water partition coefficient (Wildman–Crippen LogP) is 6.05. The lowest BCUT2D eigenvalue weighted by Gasteiger charge is -2.31. The lowest BCUT2D eigenvalue weighted by atomic mass is 9.84. The largest absolute Gasteiger partial charge is 0.465 e. The number of carbonyl (C=O) groups is 2. The van der Waals surface area contributed by atoms with E-state index in [2.05, 4.69) is 22.0 Å². The number of nitrogens with one attached hydrogen (secondary N) is 3.